The topological polar surface area (TPSA) is 92.5 Å². The summed E-state index contributed by atoms with van der Waals surface area (Å²) in [5.74, 6) is 0. The fourth-order valence-electron chi connectivity index (χ4n) is 2.66. The monoisotopic (exact) mass is 405 g/mol. The molecule has 1 aliphatic heterocycles. The molecule has 1 fully saturated rings. The van der Waals surface area contributed by atoms with E-state index in [2.05, 4.69) is 26.1 Å². The fraction of sp³-hybridized carbons (Fsp3) is 0.571. The van der Waals surface area contributed by atoms with E-state index < -0.39 is 20.0 Å². The molecule has 1 N–H and O–H groups in total. The number of halogens is 1. The molecule has 9 heteroatoms. The van der Waals surface area contributed by atoms with Gasteiger partial charge in [0.25, 0.3) is 5.69 Å². The van der Waals surface area contributed by atoms with Crippen molar-refractivity contribution in [2.45, 2.75) is 23.0 Å². The Morgan fingerprint density at radius 2 is 2.04 bits per heavy atom. The van der Waals surface area contributed by atoms with E-state index in [0.717, 1.165) is 0 Å². The summed E-state index contributed by atoms with van der Waals surface area (Å²) in [6.45, 7) is 1.96. The van der Waals surface area contributed by atoms with Gasteiger partial charge in [-0.3, -0.25) is 10.1 Å². The average molecular weight is 406 g/mol. The van der Waals surface area contributed by atoms with Crippen LogP contribution in [0.5, 0.6) is 0 Å². The minimum absolute atomic E-state index is 0.0298. The molecule has 0 radical (unpaired) electrons. The van der Waals surface area contributed by atoms with Crippen LogP contribution in [0.2, 0.25) is 0 Å². The summed E-state index contributed by atoms with van der Waals surface area (Å²) >= 11 is 3.28. The van der Waals surface area contributed by atoms with E-state index in [-0.39, 0.29) is 10.6 Å². The van der Waals surface area contributed by atoms with E-state index >= 15 is 0 Å². The van der Waals surface area contributed by atoms with E-state index in [9.17, 15) is 18.5 Å². The first-order valence-electron chi connectivity index (χ1n) is 7.37. The molecule has 1 aliphatic rings. The van der Waals surface area contributed by atoms with Gasteiger partial charge in [-0.25, -0.2) is 8.42 Å². The number of benzene rings is 1. The van der Waals surface area contributed by atoms with Gasteiger partial charge in [0.1, 0.15) is 0 Å². The highest BCUT2D eigenvalue weighted by Gasteiger charge is 2.33. The second-order valence-electron chi connectivity index (χ2n) is 5.60. The molecular formula is C14H20BrN3O4S. The number of nitro groups is 1. The Morgan fingerprint density at radius 3 is 2.61 bits per heavy atom. The highest BCUT2D eigenvalue weighted by molar-refractivity contribution is 9.09. The van der Waals surface area contributed by atoms with Crippen LogP contribution in [0.15, 0.2) is 23.1 Å². The zero-order chi connectivity index (χ0) is 17.0. The summed E-state index contributed by atoms with van der Waals surface area (Å²) in [6, 6.07) is 3.97. The number of rotatable bonds is 6. The Hall–Kier alpha value is -1.19. The normalized spacial score (nSPS) is 17.1. The second-order valence-corrected chi connectivity index (χ2v) is 8.59. The first-order chi connectivity index (χ1) is 10.9. The quantitative estimate of drug-likeness (QED) is 0.443. The molecule has 1 heterocycles. The zero-order valence-electron chi connectivity index (χ0n) is 12.9. The number of likely N-dealkylation sites (tertiary alicyclic amines) is 1. The predicted octanol–water partition coefficient (Wildman–Crippen LogP) is 2.27. The van der Waals surface area contributed by atoms with Crippen molar-refractivity contribution in [3.8, 4) is 0 Å². The van der Waals surface area contributed by atoms with Crippen molar-refractivity contribution in [3.05, 3.63) is 28.3 Å². The third-order valence-corrected chi connectivity index (χ3v) is 6.69. The van der Waals surface area contributed by atoms with E-state index in [1.54, 1.807) is 0 Å². The lowest BCUT2D eigenvalue weighted by Crippen LogP contribution is -2.37. The smallest absolute Gasteiger partial charge is 0.270 e. The number of piperidine rings is 1. The van der Waals surface area contributed by atoms with Gasteiger partial charge in [0.2, 0.25) is 0 Å². The van der Waals surface area contributed by atoms with Crippen LogP contribution in [0.3, 0.4) is 0 Å². The average Bonchev–Trinajstić information content (AvgIpc) is 2.53. The Kier molecular flexibility index (Phi) is 5.99. The number of nitrogens with zero attached hydrogens (tertiary/aromatic N) is 2. The van der Waals surface area contributed by atoms with Gasteiger partial charge >= 0.3 is 0 Å². The van der Waals surface area contributed by atoms with Crippen molar-refractivity contribution < 1.29 is 13.3 Å². The van der Waals surface area contributed by atoms with Gasteiger partial charge in [-0.2, -0.15) is 0 Å². The van der Waals surface area contributed by atoms with Crippen molar-refractivity contribution in [1.29, 1.82) is 0 Å². The molecule has 1 saturated heterocycles. The number of nitrogens with one attached hydrogen (secondary N) is 1. The van der Waals surface area contributed by atoms with Crippen LogP contribution in [-0.2, 0) is 9.84 Å². The fourth-order valence-corrected chi connectivity index (χ4v) is 4.78. The molecule has 128 valence electrons. The third kappa shape index (κ3) is 4.21. The molecule has 0 aromatic heterocycles. The highest BCUT2D eigenvalue weighted by atomic mass is 79.9. The molecule has 2 rings (SSSR count). The number of alkyl halides is 1. The van der Waals surface area contributed by atoms with Gasteiger partial charge in [-0.05, 0) is 39.0 Å². The van der Waals surface area contributed by atoms with Crippen LogP contribution < -0.4 is 5.32 Å². The standard InChI is InChI=1S/C14H20BrN3O4S/c1-17-8-4-12(5-9-17)23(21,22)14-10-11(18(19)20)2-3-13(14)16-7-6-15/h2-3,10,12,16H,4-9H2,1H3. The Morgan fingerprint density at radius 1 is 1.39 bits per heavy atom. The minimum atomic E-state index is -3.61. The van der Waals surface area contributed by atoms with Gasteiger partial charge in [0.15, 0.2) is 9.84 Å². The van der Waals surface area contributed by atoms with Crippen molar-refractivity contribution in [3.63, 3.8) is 0 Å². The molecule has 0 saturated carbocycles. The number of anilines is 1. The number of nitro benzene ring substituents is 1. The van der Waals surface area contributed by atoms with Crippen LogP contribution in [0.1, 0.15) is 12.8 Å². The predicted molar refractivity (Wildman–Crippen MR) is 93.1 cm³/mol. The molecule has 1 aromatic carbocycles. The number of non-ortho nitro benzene ring substituents is 1. The Labute approximate surface area is 144 Å². The zero-order valence-corrected chi connectivity index (χ0v) is 15.3. The van der Waals surface area contributed by atoms with Gasteiger partial charge < -0.3 is 10.2 Å². The first kappa shape index (κ1) is 18.2. The molecular weight excluding hydrogens is 386 g/mol. The van der Waals surface area contributed by atoms with Crippen LogP contribution in [0, 0.1) is 10.1 Å². The maximum Gasteiger partial charge on any atom is 0.270 e. The molecule has 7 nitrogen and oxygen atoms in total. The molecule has 0 atom stereocenters. The number of hydrogen-bond acceptors (Lipinski definition) is 6. The van der Waals surface area contributed by atoms with Gasteiger partial charge in [-0.15, -0.1) is 0 Å². The molecule has 0 amide bonds. The maximum atomic E-state index is 13.0. The molecule has 0 unspecified atom stereocenters. The van der Waals surface area contributed by atoms with Crippen LogP contribution >= 0.6 is 15.9 Å². The van der Waals surface area contributed by atoms with Gasteiger partial charge in [0.05, 0.1) is 20.8 Å². The summed E-state index contributed by atoms with van der Waals surface area (Å²) in [5.41, 5.74) is 0.217. The number of sulfone groups is 1. The molecule has 23 heavy (non-hydrogen) atoms. The van der Waals surface area contributed by atoms with E-state index in [1.807, 2.05) is 7.05 Å². The van der Waals surface area contributed by atoms with Crippen LogP contribution in [0.25, 0.3) is 0 Å². The summed E-state index contributed by atoms with van der Waals surface area (Å²) in [5, 5.41) is 14.2. The molecule has 0 bridgehead atoms. The van der Waals surface area contributed by atoms with Crippen molar-refractivity contribution in [1.82, 2.24) is 4.90 Å². The lowest BCUT2D eigenvalue weighted by molar-refractivity contribution is -0.385. The maximum absolute atomic E-state index is 13.0. The Balaban J connectivity index is 2.40. The minimum Gasteiger partial charge on any atom is -0.383 e. The number of hydrogen-bond donors (Lipinski definition) is 1. The van der Waals surface area contributed by atoms with Crippen molar-refractivity contribution >= 4 is 37.1 Å². The summed E-state index contributed by atoms with van der Waals surface area (Å²) in [4.78, 5) is 12.5. The first-order valence-corrected chi connectivity index (χ1v) is 10.0. The van der Waals surface area contributed by atoms with Gasteiger partial charge in [-0.1, -0.05) is 15.9 Å². The summed E-state index contributed by atoms with van der Waals surface area (Å²) in [7, 11) is -1.65. The highest BCUT2D eigenvalue weighted by Crippen LogP contribution is 2.32. The SMILES string of the molecule is CN1CCC(S(=O)(=O)c2cc([N+](=O)[O-])ccc2NCCBr)CC1. The van der Waals surface area contributed by atoms with Crippen LogP contribution in [0.4, 0.5) is 11.4 Å². The van der Waals surface area contributed by atoms with E-state index in [4.69, 9.17) is 0 Å². The second kappa shape index (κ2) is 7.59. The summed E-state index contributed by atoms with van der Waals surface area (Å²) in [6.07, 6.45) is 1.08. The lowest BCUT2D eigenvalue weighted by atomic mass is 10.1. The van der Waals surface area contributed by atoms with E-state index in [0.29, 0.717) is 43.5 Å². The molecule has 0 aliphatic carbocycles. The van der Waals surface area contributed by atoms with Crippen LogP contribution in [-0.4, -0.2) is 55.5 Å². The third-order valence-electron chi connectivity index (χ3n) is 4.00. The lowest BCUT2D eigenvalue weighted by Gasteiger charge is -2.29. The van der Waals surface area contributed by atoms with Crippen molar-refractivity contribution in [2.75, 3.05) is 37.3 Å². The van der Waals surface area contributed by atoms with Gasteiger partial charge in [0, 0.05) is 24.0 Å². The van der Waals surface area contributed by atoms with E-state index in [1.165, 1.54) is 18.2 Å². The molecule has 0 spiro atoms. The molecule has 1 aromatic rings. The van der Waals surface area contributed by atoms with Crippen molar-refractivity contribution in [2.24, 2.45) is 0 Å². The Bertz CT molecular complexity index is 673. The largest absolute Gasteiger partial charge is 0.383 e. The summed E-state index contributed by atoms with van der Waals surface area (Å²) < 4.78 is 25.9.